The number of anilines is 1. The van der Waals surface area contributed by atoms with Gasteiger partial charge in [0, 0.05) is 32.0 Å². The van der Waals surface area contributed by atoms with Gasteiger partial charge in [0.1, 0.15) is 5.75 Å². The molecule has 29 heavy (non-hydrogen) atoms. The number of amides is 1. The Bertz CT molecular complexity index is 896. The van der Waals surface area contributed by atoms with Crippen LogP contribution in [0.1, 0.15) is 28.4 Å². The van der Waals surface area contributed by atoms with Gasteiger partial charge in [-0.05, 0) is 36.6 Å². The highest BCUT2D eigenvalue weighted by Gasteiger charge is 2.11. The van der Waals surface area contributed by atoms with Crippen molar-refractivity contribution in [3.63, 3.8) is 0 Å². The molecule has 0 saturated heterocycles. The first kappa shape index (κ1) is 20.3. The molecule has 0 atom stereocenters. The molecule has 1 aromatic heterocycles. The van der Waals surface area contributed by atoms with Gasteiger partial charge in [0.15, 0.2) is 0 Å². The zero-order valence-electron chi connectivity index (χ0n) is 16.8. The molecule has 3 aromatic rings. The van der Waals surface area contributed by atoms with Crippen molar-refractivity contribution >= 4 is 11.9 Å². The number of aromatic nitrogens is 2. The number of carbonyl (C=O) groups is 1. The molecule has 0 aliphatic carbocycles. The number of hydrogen-bond donors (Lipinski definition) is 1. The zero-order valence-corrected chi connectivity index (χ0v) is 16.8. The summed E-state index contributed by atoms with van der Waals surface area (Å²) in [5.41, 5.74) is 2.79. The Kier molecular flexibility index (Phi) is 7.16. The summed E-state index contributed by atoms with van der Waals surface area (Å²) in [6.07, 6.45) is 3.91. The fraction of sp³-hybridized carbons (Fsp3) is 0.261. The van der Waals surface area contributed by atoms with E-state index in [1.54, 1.807) is 19.5 Å². The van der Waals surface area contributed by atoms with Crippen LogP contribution < -0.4 is 15.0 Å². The van der Waals surface area contributed by atoms with Crippen LogP contribution in [0.15, 0.2) is 67.0 Å². The summed E-state index contributed by atoms with van der Waals surface area (Å²) in [4.78, 5) is 23.2. The second kappa shape index (κ2) is 10.2. The van der Waals surface area contributed by atoms with Crippen molar-refractivity contribution in [1.82, 2.24) is 15.3 Å². The van der Waals surface area contributed by atoms with Crippen molar-refractivity contribution in [3.8, 4) is 5.75 Å². The van der Waals surface area contributed by atoms with Gasteiger partial charge in [-0.15, -0.1) is 0 Å². The largest absolute Gasteiger partial charge is 0.497 e. The van der Waals surface area contributed by atoms with Crippen LogP contribution >= 0.6 is 0 Å². The van der Waals surface area contributed by atoms with Crippen LogP contribution in [0.2, 0.25) is 0 Å². The minimum absolute atomic E-state index is 0.170. The van der Waals surface area contributed by atoms with Crippen LogP contribution in [0.5, 0.6) is 5.75 Å². The van der Waals surface area contributed by atoms with Crippen molar-refractivity contribution in [1.29, 1.82) is 0 Å². The molecule has 1 amide bonds. The normalized spacial score (nSPS) is 10.4. The first-order chi connectivity index (χ1) is 14.2. The van der Waals surface area contributed by atoms with Crippen molar-refractivity contribution < 1.29 is 9.53 Å². The molecule has 0 aliphatic heterocycles. The predicted octanol–water partition coefficient (Wildman–Crippen LogP) is 3.48. The van der Waals surface area contributed by atoms with Gasteiger partial charge >= 0.3 is 0 Å². The quantitative estimate of drug-likeness (QED) is 0.606. The molecule has 1 heterocycles. The molecule has 0 spiro atoms. The Morgan fingerprint density at radius 3 is 2.31 bits per heavy atom. The second-order valence-corrected chi connectivity index (χ2v) is 6.63. The van der Waals surface area contributed by atoms with Gasteiger partial charge < -0.3 is 15.0 Å². The number of carbonyl (C=O) groups excluding carboxylic acids is 1. The van der Waals surface area contributed by atoms with Crippen LogP contribution in [0.4, 0.5) is 5.95 Å². The number of benzene rings is 2. The fourth-order valence-electron chi connectivity index (χ4n) is 2.94. The van der Waals surface area contributed by atoms with E-state index in [4.69, 9.17) is 4.74 Å². The highest BCUT2D eigenvalue weighted by molar-refractivity contribution is 5.93. The monoisotopic (exact) mass is 390 g/mol. The third-order valence-electron chi connectivity index (χ3n) is 4.64. The predicted molar refractivity (Wildman–Crippen MR) is 114 cm³/mol. The van der Waals surface area contributed by atoms with Gasteiger partial charge in [-0.2, -0.15) is 0 Å². The molecule has 150 valence electrons. The summed E-state index contributed by atoms with van der Waals surface area (Å²) in [6.45, 7) is 4.11. The van der Waals surface area contributed by atoms with Crippen LogP contribution in [0.3, 0.4) is 0 Å². The highest BCUT2D eigenvalue weighted by atomic mass is 16.5. The lowest BCUT2D eigenvalue weighted by atomic mass is 10.1. The second-order valence-electron chi connectivity index (χ2n) is 6.63. The van der Waals surface area contributed by atoms with E-state index in [0.29, 0.717) is 18.1 Å². The first-order valence-electron chi connectivity index (χ1n) is 9.71. The molecule has 0 fully saturated rings. The zero-order chi connectivity index (χ0) is 20.5. The summed E-state index contributed by atoms with van der Waals surface area (Å²) in [5, 5.41) is 2.91. The molecule has 0 unspecified atom stereocenters. The number of rotatable bonds is 9. The lowest BCUT2D eigenvalue weighted by Crippen LogP contribution is -2.27. The van der Waals surface area contributed by atoms with E-state index in [1.807, 2.05) is 42.5 Å². The lowest BCUT2D eigenvalue weighted by molar-refractivity contribution is 0.0953. The maximum atomic E-state index is 12.4. The van der Waals surface area contributed by atoms with Crippen molar-refractivity contribution in [2.45, 2.75) is 19.9 Å². The first-order valence-corrected chi connectivity index (χ1v) is 9.71. The number of nitrogens with zero attached hydrogens (tertiary/aromatic N) is 3. The molecule has 0 aliphatic rings. The van der Waals surface area contributed by atoms with Crippen molar-refractivity contribution in [3.05, 3.63) is 83.7 Å². The molecular formula is C23H26N4O2. The standard InChI is InChI=1S/C23H26N4O2/c1-3-27(17-19-7-5-4-6-8-19)23-25-15-20(16-26-23)22(28)24-14-13-18-9-11-21(29-2)12-10-18/h4-12,15-16H,3,13-14,17H2,1-2H3,(H,24,28). The molecule has 0 radical (unpaired) electrons. The van der Waals surface area contributed by atoms with Crippen molar-refractivity contribution in [2.75, 3.05) is 25.1 Å². The minimum Gasteiger partial charge on any atom is -0.497 e. The van der Waals surface area contributed by atoms with E-state index in [2.05, 4.69) is 39.2 Å². The van der Waals surface area contributed by atoms with E-state index in [1.165, 1.54) is 5.56 Å². The van der Waals surface area contributed by atoms with Crippen LogP contribution in [0, 0.1) is 0 Å². The van der Waals surface area contributed by atoms with E-state index < -0.39 is 0 Å². The average molecular weight is 390 g/mol. The van der Waals surface area contributed by atoms with Gasteiger partial charge in [-0.25, -0.2) is 9.97 Å². The lowest BCUT2D eigenvalue weighted by Gasteiger charge is -2.20. The van der Waals surface area contributed by atoms with Gasteiger partial charge in [0.25, 0.3) is 5.91 Å². The van der Waals surface area contributed by atoms with E-state index in [-0.39, 0.29) is 5.91 Å². The Morgan fingerprint density at radius 2 is 1.69 bits per heavy atom. The summed E-state index contributed by atoms with van der Waals surface area (Å²) in [5.74, 6) is 1.27. The molecular weight excluding hydrogens is 364 g/mol. The maximum absolute atomic E-state index is 12.4. The van der Waals surface area contributed by atoms with Gasteiger partial charge in [0.05, 0.1) is 12.7 Å². The topological polar surface area (TPSA) is 67.4 Å². The molecule has 3 rings (SSSR count). The van der Waals surface area contributed by atoms with Gasteiger partial charge in [-0.3, -0.25) is 4.79 Å². The minimum atomic E-state index is -0.170. The van der Waals surface area contributed by atoms with Crippen LogP contribution in [0.25, 0.3) is 0 Å². The maximum Gasteiger partial charge on any atom is 0.254 e. The summed E-state index contributed by atoms with van der Waals surface area (Å²) in [7, 11) is 1.64. The Hall–Kier alpha value is -3.41. The number of nitrogens with one attached hydrogen (secondary N) is 1. The van der Waals surface area contributed by atoms with Crippen LogP contribution in [-0.2, 0) is 13.0 Å². The van der Waals surface area contributed by atoms with E-state index in [9.17, 15) is 4.79 Å². The molecule has 1 N–H and O–H groups in total. The third-order valence-corrected chi connectivity index (χ3v) is 4.64. The number of methoxy groups -OCH3 is 1. The Labute approximate surface area is 171 Å². The SMILES string of the molecule is CCN(Cc1ccccc1)c1ncc(C(=O)NCCc2ccc(OC)cc2)cn1. The Morgan fingerprint density at radius 1 is 1.00 bits per heavy atom. The molecule has 2 aromatic carbocycles. The van der Waals surface area contributed by atoms with E-state index in [0.717, 1.165) is 30.8 Å². The van der Waals surface area contributed by atoms with Gasteiger partial charge in [0.2, 0.25) is 5.95 Å². The number of ether oxygens (including phenoxy) is 1. The average Bonchev–Trinajstić information content (AvgIpc) is 2.78. The number of hydrogen-bond acceptors (Lipinski definition) is 5. The van der Waals surface area contributed by atoms with Gasteiger partial charge in [-0.1, -0.05) is 42.5 Å². The highest BCUT2D eigenvalue weighted by Crippen LogP contribution is 2.13. The summed E-state index contributed by atoms with van der Waals surface area (Å²) < 4.78 is 5.15. The fourth-order valence-corrected chi connectivity index (χ4v) is 2.94. The van der Waals surface area contributed by atoms with E-state index >= 15 is 0 Å². The molecule has 6 nitrogen and oxygen atoms in total. The van der Waals surface area contributed by atoms with Crippen LogP contribution in [-0.4, -0.2) is 36.1 Å². The molecule has 6 heteroatoms. The Balaban J connectivity index is 1.53. The summed E-state index contributed by atoms with van der Waals surface area (Å²) >= 11 is 0. The third kappa shape index (κ3) is 5.78. The molecule has 0 saturated carbocycles. The van der Waals surface area contributed by atoms with Crippen molar-refractivity contribution in [2.24, 2.45) is 0 Å². The molecule has 0 bridgehead atoms. The smallest absolute Gasteiger partial charge is 0.254 e. The summed E-state index contributed by atoms with van der Waals surface area (Å²) in [6, 6.07) is 18.0.